The van der Waals surface area contributed by atoms with Gasteiger partial charge in [-0.25, -0.2) is 0 Å². The molecule has 7 nitrogen and oxygen atoms in total. The number of hydrogen-bond donors (Lipinski definition) is 3. The number of aromatic amines is 1. The standard InChI is InChI=1S/C18H27N5O2/c1-11(2)14(19)9-10-23(4)18(25)12(3)20-17(24)16-13-7-5-6-8-15(13)21-22-16/h5-8,11-12,14H,9-10,19H2,1-4H3,(H,20,24)(H,21,22). The minimum atomic E-state index is -0.636. The van der Waals surface area contributed by atoms with Crippen LogP contribution in [0.4, 0.5) is 0 Å². The first-order chi connectivity index (χ1) is 11.8. The number of hydrogen-bond acceptors (Lipinski definition) is 4. The van der Waals surface area contributed by atoms with E-state index < -0.39 is 6.04 Å². The van der Waals surface area contributed by atoms with E-state index in [1.54, 1.807) is 18.9 Å². The maximum Gasteiger partial charge on any atom is 0.273 e. The SMILES string of the molecule is CC(NC(=O)c1n[nH]c2ccccc12)C(=O)N(C)CCC(N)C(C)C. The number of nitrogens with one attached hydrogen (secondary N) is 2. The second-order valence-corrected chi connectivity index (χ2v) is 6.77. The molecule has 2 amide bonds. The summed E-state index contributed by atoms with van der Waals surface area (Å²) >= 11 is 0. The topological polar surface area (TPSA) is 104 Å². The second kappa shape index (κ2) is 8.11. The molecule has 2 atom stereocenters. The number of nitrogens with two attached hydrogens (primary N) is 1. The molecule has 4 N–H and O–H groups in total. The lowest BCUT2D eigenvalue weighted by Gasteiger charge is -2.24. The Morgan fingerprint density at radius 1 is 1.28 bits per heavy atom. The van der Waals surface area contributed by atoms with Crippen LogP contribution in [0.3, 0.4) is 0 Å². The highest BCUT2D eigenvalue weighted by Gasteiger charge is 2.22. The van der Waals surface area contributed by atoms with E-state index in [-0.39, 0.29) is 17.9 Å². The zero-order valence-corrected chi connectivity index (χ0v) is 15.2. The lowest BCUT2D eigenvalue weighted by Crippen LogP contribution is -2.46. The zero-order chi connectivity index (χ0) is 18.6. The molecule has 25 heavy (non-hydrogen) atoms. The number of nitrogens with zero attached hydrogens (tertiary/aromatic N) is 2. The Kier molecular flexibility index (Phi) is 6.14. The Bertz CT molecular complexity index is 740. The van der Waals surface area contributed by atoms with Crippen LogP contribution in [-0.2, 0) is 4.79 Å². The van der Waals surface area contributed by atoms with E-state index in [2.05, 4.69) is 29.4 Å². The predicted octanol–water partition coefficient (Wildman–Crippen LogP) is 1.51. The van der Waals surface area contributed by atoms with Crippen LogP contribution in [0.5, 0.6) is 0 Å². The maximum absolute atomic E-state index is 12.4. The number of aromatic nitrogens is 2. The van der Waals surface area contributed by atoms with Crippen molar-refractivity contribution < 1.29 is 9.59 Å². The minimum Gasteiger partial charge on any atom is -0.344 e. The number of benzene rings is 1. The van der Waals surface area contributed by atoms with Gasteiger partial charge in [-0.05, 0) is 25.3 Å². The molecule has 0 fully saturated rings. The van der Waals surface area contributed by atoms with E-state index in [0.717, 1.165) is 17.3 Å². The van der Waals surface area contributed by atoms with Gasteiger partial charge >= 0.3 is 0 Å². The summed E-state index contributed by atoms with van der Waals surface area (Å²) in [4.78, 5) is 26.5. The third-order valence-corrected chi connectivity index (χ3v) is 4.43. The average molecular weight is 345 g/mol. The predicted molar refractivity (Wildman–Crippen MR) is 98.1 cm³/mol. The number of amides is 2. The van der Waals surface area contributed by atoms with Crippen molar-refractivity contribution in [2.45, 2.75) is 39.3 Å². The summed E-state index contributed by atoms with van der Waals surface area (Å²) < 4.78 is 0. The fourth-order valence-electron chi connectivity index (χ4n) is 2.58. The Balaban J connectivity index is 1.95. The molecule has 0 aliphatic rings. The normalized spacial score (nSPS) is 13.7. The van der Waals surface area contributed by atoms with Crippen molar-refractivity contribution in [2.24, 2.45) is 11.7 Å². The molecule has 2 aromatic rings. The number of carbonyl (C=O) groups is 2. The molecule has 1 heterocycles. The summed E-state index contributed by atoms with van der Waals surface area (Å²) in [7, 11) is 1.72. The molecular formula is C18H27N5O2. The Hall–Kier alpha value is -2.41. The average Bonchev–Trinajstić information content (AvgIpc) is 3.02. The molecule has 2 unspecified atom stereocenters. The van der Waals surface area contributed by atoms with Crippen molar-refractivity contribution in [2.75, 3.05) is 13.6 Å². The van der Waals surface area contributed by atoms with Gasteiger partial charge in [0.2, 0.25) is 5.91 Å². The fraction of sp³-hybridized carbons (Fsp3) is 0.500. The van der Waals surface area contributed by atoms with Gasteiger partial charge in [-0.15, -0.1) is 0 Å². The molecule has 2 rings (SSSR count). The molecule has 136 valence electrons. The van der Waals surface area contributed by atoms with Crippen molar-refractivity contribution >= 4 is 22.7 Å². The maximum atomic E-state index is 12.4. The van der Waals surface area contributed by atoms with Crippen molar-refractivity contribution in [1.29, 1.82) is 0 Å². The van der Waals surface area contributed by atoms with Gasteiger partial charge in [-0.2, -0.15) is 5.10 Å². The van der Waals surface area contributed by atoms with Gasteiger partial charge in [0.1, 0.15) is 6.04 Å². The van der Waals surface area contributed by atoms with Crippen LogP contribution in [0, 0.1) is 5.92 Å². The first kappa shape index (κ1) is 18.9. The summed E-state index contributed by atoms with van der Waals surface area (Å²) in [5.41, 5.74) is 7.09. The van der Waals surface area contributed by atoms with E-state index >= 15 is 0 Å². The highest BCUT2D eigenvalue weighted by Crippen LogP contribution is 2.15. The number of H-pyrrole nitrogens is 1. The van der Waals surface area contributed by atoms with Crippen LogP contribution in [0.2, 0.25) is 0 Å². The van der Waals surface area contributed by atoms with Crippen LogP contribution < -0.4 is 11.1 Å². The molecule has 1 aromatic heterocycles. The fourth-order valence-corrected chi connectivity index (χ4v) is 2.58. The van der Waals surface area contributed by atoms with Gasteiger partial charge in [-0.3, -0.25) is 14.7 Å². The zero-order valence-electron chi connectivity index (χ0n) is 15.2. The smallest absolute Gasteiger partial charge is 0.273 e. The quantitative estimate of drug-likeness (QED) is 0.707. The molecule has 7 heteroatoms. The van der Waals surface area contributed by atoms with E-state index in [4.69, 9.17) is 5.73 Å². The summed E-state index contributed by atoms with van der Waals surface area (Å²) in [6, 6.07) is 6.79. The van der Waals surface area contributed by atoms with Crippen molar-refractivity contribution in [3.05, 3.63) is 30.0 Å². The van der Waals surface area contributed by atoms with E-state index in [9.17, 15) is 9.59 Å². The van der Waals surface area contributed by atoms with E-state index in [1.807, 2.05) is 24.3 Å². The molecule has 0 aliphatic heterocycles. The molecular weight excluding hydrogens is 318 g/mol. The van der Waals surface area contributed by atoms with Crippen molar-refractivity contribution in [3.8, 4) is 0 Å². The Labute approximate surface area is 147 Å². The van der Waals surface area contributed by atoms with Crippen LogP contribution in [-0.4, -0.2) is 52.6 Å². The van der Waals surface area contributed by atoms with Gasteiger partial charge in [0.15, 0.2) is 5.69 Å². The molecule has 0 saturated carbocycles. The number of carbonyl (C=O) groups excluding carboxylic acids is 2. The third-order valence-electron chi connectivity index (χ3n) is 4.43. The van der Waals surface area contributed by atoms with Crippen LogP contribution in [0.15, 0.2) is 24.3 Å². The molecule has 0 spiro atoms. The second-order valence-electron chi connectivity index (χ2n) is 6.77. The first-order valence-corrected chi connectivity index (χ1v) is 8.55. The van der Waals surface area contributed by atoms with Gasteiger partial charge in [-0.1, -0.05) is 32.0 Å². The summed E-state index contributed by atoms with van der Waals surface area (Å²) in [6.07, 6.45) is 0.727. The van der Waals surface area contributed by atoms with Gasteiger partial charge in [0.25, 0.3) is 5.91 Å². The Morgan fingerprint density at radius 3 is 2.64 bits per heavy atom. The monoisotopic (exact) mass is 345 g/mol. The molecule has 1 aromatic carbocycles. The molecule has 0 radical (unpaired) electrons. The summed E-state index contributed by atoms with van der Waals surface area (Å²) in [5.74, 6) is -0.150. The van der Waals surface area contributed by atoms with Gasteiger partial charge in [0.05, 0.1) is 5.52 Å². The van der Waals surface area contributed by atoms with E-state index in [1.165, 1.54) is 0 Å². The summed E-state index contributed by atoms with van der Waals surface area (Å²) in [5, 5.41) is 10.3. The lowest BCUT2D eigenvalue weighted by molar-refractivity contribution is -0.131. The Morgan fingerprint density at radius 2 is 1.96 bits per heavy atom. The largest absolute Gasteiger partial charge is 0.344 e. The minimum absolute atomic E-state index is 0.0515. The van der Waals surface area contributed by atoms with Gasteiger partial charge < -0.3 is 16.0 Å². The highest BCUT2D eigenvalue weighted by atomic mass is 16.2. The lowest BCUT2D eigenvalue weighted by atomic mass is 10.0. The van der Waals surface area contributed by atoms with Crippen LogP contribution in [0.25, 0.3) is 10.9 Å². The molecule has 0 bridgehead atoms. The van der Waals surface area contributed by atoms with Crippen LogP contribution >= 0.6 is 0 Å². The van der Waals surface area contributed by atoms with Crippen molar-refractivity contribution in [1.82, 2.24) is 20.4 Å². The molecule has 0 saturated heterocycles. The number of rotatable bonds is 7. The number of para-hydroxylation sites is 1. The first-order valence-electron chi connectivity index (χ1n) is 8.55. The van der Waals surface area contributed by atoms with Crippen LogP contribution in [0.1, 0.15) is 37.7 Å². The molecule has 0 aliphatic carbocycles. The number of likely N-dealkylation sites (N-methyl/N-ethyl adjacent to an activating group) is 1. The summed E-state index contributed by atoms with van der Waals surface area (Å²) in [6.45, 7) is 6.35. The van der Waals surface area contributed by atoms with Crippen molar-refractivity contribution in [3.63, 3.8) is 0 Å². The third kappa shape index (κ3) is 4.57. The van der Waals surface area contributed by atoms with E-state index in [0.29, 0.717) is 18.2 Å². The van der Waals surface area contributed by atoms with Gasteiger partial charge in [0, 0.05) is 25.0 Å². The highest BCUT2D eigenvalue weighted by molar-refractivity contribution is 6.05. The number of fused-ring (bicyclic) bond motifs is 1.